The van der Waals surface area contributed by atoms with Crippen molar-refractivity contribution in [1.82, 2.24) is 10.6 Å². The number of benzene rings is 1. The summed E-state index contributed by atoms with van der Waals surface area (Å²) in [6.07, 6.45) is 2.16. The van der Waals surface area contributed by atoms with Crippen molar-refractivity contribution in [2.45, 2.75) is 33.2 Å². The third kappa shape index (κ3) is 3.50. The number of aliphatic imine (C=N–C) groups is 1. The van der Waals surface area contributed by atoms with Crippen molar-refractivity contribution in [3.8, 4) is 0 Å². The Morgan fingerprint density at radius 3 is 2.74 bits per heavy atom. The Balaban J connectivity index is 1.70. The molecule has 0 spiro atoms. The van der Waals surface area contributed by atoms with Crippen LogP contribution in [-0.2, 0) is 6.54 Å². The van der Waals surface area contributed by atoms with E-state index in [-0.39, 0.29) is 12.0 Å². The Hall–Kier alpha value is -2.01. The molecule has 3 rings (SSSR count). The van der Waals surface area contributed by atoms with Gasteiger partial charge in [-0.25, -0.2) is 4.99 Å². The lowest BCUT2D eigenvalue weighted by molar-refractivity contribution is 0.212. The number of aryl methyl sites for hydroxylation is 1. The van der Waals surface area contributed by atoms with Gasteiger partial charge >= 0.3 is 0 Å². The molecule has 124 valence electrons. The summed E-state index contributed by atoms with van der Waals surface area (Å²) in [5.74, 6) is 1.67. The standard InChI is InChI=1S/C18H25N3O2/c1-3-19-17(21-11-18(12-22)8-9-18)20-10-16-13(2)14-6-4-5-7-15(14)23-16/h4-7,22H,3,8-12H2,1-2H3,(H2,19,20,21). The minimum absolute atomic E-state index is 0.0610. The first-order valence-electron chi connectivity index (χ1n) is 8.27. The Bertz CT molecular complexity index is 701. The predicted octanol–water partition coefficient (Wildman–Crippen LogP) is 2.57. The lowest BCUT2D eigenvalue weighted by Gasteiger charge is -2.16. The van der Waals surface area contributed by atoms with Crippen LogP contribution in [0.3, 0.4) is 0 Å². The smallest absolute Gasteiger partial charge is 0.191 e. The van der Waals surface area contributed by atoms with Crippen molar-refractivity contribution in [3.05, 3.63) is 35.6 Å². The fourth-order valence-electron chi connectivity index (χ4n) is 2.71. The zero-order chi connectivity index (χ0) is 16.3. The molecule has 2 aromatic rings. The van der Waals surface area contributed by atoms with E-state index < -0.39 is 0 Å². The van der Waals surface area contributed by atoms with E-state index in [1.807, 2.05) is 25.1 Å². The number of furan rings is 1. The Morgan fingerprint density at radius 1 is 1.30 bits per heavy atom. The molecule has 0 amide bonds. The molecule has 1 aromatic carbocycles. The zero-order valence-corrected chi connectivity index (χ0v) is 13.9. The van der Waals surface area contributed by atoms with Gasteiger partial charge in [0.15, 0.2) is 5.96 Å². The van der Waals surface area contributed by atoms with E-state index in [0.29, 0.717) is 6.54 Å². The molecular weight excluding hydrogens is 290 g/mol. The van der Waals surface area contributed by atoms with E-state index in [2.05, 4.69) is 28.6 Å². The van der Waals surface area contributed by atoms with Crippen LogP contribution in [0.1, 0.15) is 31.1 Å². The summed E-state index contributed by atoms with van der Waals surface area (Å²) in [5, 5.41) is 17.1. The second kappa shape index (κ2) is 6.62. The molecule has 0 saturated heterocycles. The van der Waals surface area contributed by atoms with Crippen molar-refractivity contribution in [3.63, 3.8) is 0 Å². The molecule has 5 nitrogen and oxygen atoms in total. The zero-order valence-electron chi connectivity index (χ0n) is 13.9. The minimum atomic E-state index is 0.0610. The maximum absolute atomic E-state index is 9.41. The number of hydrogen-bond donors (Lipinski definition) is 3. The van der Waals surface area contributed by atoms with Crippen LogP contribution in [0.5, 0.6) is 0 Å². The van der Waals surface area contributed by atoms with Gasteiger partial charge in [-0.05, 0) is 32.8 Å². The van der Waals surface area contributed by atoms with Gasteiger partial charge in [0.25, 0.3) is 0 Å². The topological polar surface area (TPSA) is 69.8 Å². The van der Waals surface area contributed by atoms with E-state index in [1.54, 1.807) is 0 Å². The first-order valence-corrected chi connectivity index (χ1v) is 8.27. The van der Waals surface area contributed by atoms with Gasteiger partial charge < -0.3 is 20.2 Å². The predicted molar refractivity (Wildman–Crippen MR) is 92.5 cm³/mol. The molecule has 1 fully saturated rings. The molecule has 1 aliphatic carbocycles. The van der Waals surface area contributed by atoms with Crippen LogP contribution in [0.25, 0.3) is 11.0 Å². The third-order valence-corrected chi connectivity index (χ3v) is 4.59. The van der Waals surface area contributed by atoms with Crippen LogP contribution in [0.15, 0.2) is 33.7 Å². The Kier molecular flexibility index (Phi) is 4.57. The molecule has 0 radical (unpaired) electrons. The van der Waals surface area contributed by atoms with Gasteiger partial charge in [-0.2, -0.15) is 0 Å². The first-order chi connectivity index (χ1) is 11.2. The molecule has 0 bridgehead atoms. The van der Waals surface area contributed by atoms with Gasteiger partial charge in [-0.3, -0.25) is 0 Å². The number of para-hydroxylation sites is 1. The van der Waals surface area contributed by atoms with E-state index >= 15 is 0 Å². The molecular formula is C18H25N3O2. The molecule has 1 heterocycles. The molecule has 1 saturated carbocycles. The number of guanidine groups is 1. The van der Waals surface area contributed by atoms with E-state index in [0.717, 1.165) is 54.2 Å². The molecule has 23 heavy (non-hydrogen) atoms. The maximum atomic E-state index is 9.41. The molecule has 0 atom stereocenters. The summed E-state index contributed by atoms with van der Waals surface area (Å²) < 4.78 is 5.90. The molecule has 5 heteroatoms. The first kappa shape index (κ1) is 15.9. The van der Waals surface area contributed by atoms with Crippen LogP contribution >= 0.6 is 0 Å². The second-order valence-corrected chi connectivity index (χ2v) is 6.35. The van der Waals surface area contributed by atoms with Crippen LogP contribution in [0, 0.1) is 12.3 Å². The van der Waals surface area contributed by atoms with Gasteiger partial charge in [0, 0.05) is 29.5 Å². The van der Waals surface area contributed by atoms with Crippen LogP contribution in [0.4, 0.5) is 0 Å². The highest BCUT2D eigenvalue weighted by Crippen LogP contribution is 2.44. The van der Waals surface area contributed by atoms with Gasteiger partial charge in [-0.15, -0.1) is 0 Å². The van der Waals surface area contributed by atoms with Crippen LogP contribution in [0.2, 0.25) is 0 Å². The average Bonchev–Trinajstić information content (AvgIpc) is 3.29. The molecule has 0 unspecified atom stereocenters. The number of nitrogens with one attached hydrogen (secondary N) is 2. The van der Waals surface area contributed by atoms with Crippen LogP contribution in [-0.4, -0.2) is 30.8 Å². The third-order valence-electron chi connectivity index (χ3n) is 4.59. The highest BCUT2D eigenvalue weighted by molar-refractivity contribution is 5.82. The number of rotatable bonds is 6. The summed E-state index contributed by atoms with van der Waals surface area (Å²) in [7, 11) is 0. The van der Waals surface area contributed by atoms with Crippen molar-refractivity contribution < 1.29 is 9.52 Å². The second-order valence-electron chi connectivity index (χ2n) is 6.35. The number of hydrogen-bond acceptors (Lipinski definition) is 3. The summed E-state index contributed by atoms with van der Waals surface area (Å²) in [5.41, 5.74) is 2.12. The van der Waals surface area contributed by atoms with Crippen molar-refractivity contribution in [2.75, 3.05) is 19.7 Å². The van der Waals surface area contributed by atoms with Crippen LogP contribution < -0.4 is 10.6 Å². The SMILES string of the molecule is CCNC(=NCc1oc2ccccc2c1C)NCC1(CO)CC1. The highest BCUT2D eigenvalue weighted by atomic mass is 16.3. The summed E-state index contributed by atoms with van der Waals surface area (Å²) >= 11 is 0. The number of fused-ring (bicyclic) bond motifs is 1. The maximum Gasteiger partial charge on any atom is 0.191 e. The quantitative estimate of drug-likeness (QED) is 0.566. The minimum Gasteiger partial charge on any atom is -0.459 e. The monoisotopic (exact) mass is 315 g/mol. The van der Waals surface area contributed by atoms with E-state index in [1.165, 1.54) is 0 Å². The Labute approximate surface area is 136 Å². The van der Waals surface area contributed by atoms with Gasteiger partial charge in [0.1, 0.15) is 17.9 Å². The van der Waals surface area contributed by atoms with Crippen molar-refractivity contribution in [1.29, 1.82) is 0 Å². The fourth-order valence-corrected chi connectivity index (χ4v) is 2.71. The van der Waals surface area contributed by atoms with Gasteiger partial charge in [0.2, 0.25) is 0 Å². The Morgan fingerprint density at radius 2 is 2.09 bits per heavy atom. The lowest BCUT2D eigenvalue weighted by atomic mass is 10.1. The van der Waals surface area contributed by atoms with Crippen molar-refractivity contribution in [2.24, 2.45) is 10.4 Å². The summed E-state index contributed by atoms with van der Waals surface area (Å²) in [6, 6.07) is 8.06. The number of aliphatic hydroxyl groups excluding tert-OH is 1. The number of nitrogens with zero attached hydrogens (tertiary/aromatic N) is 1. The summed E-state index contributed by atoms with van der Waals surface area (Å²) in [4.78, 5) is 4.62. The molecule has 1 aliphatic rings. The lowest BCUT2D eigenvalue weighted by Crippen LogP contribution is -2.41. The summed E-state index contributed by atoms with van der Waals surface area (Å²) in [6.45, 7) is 6.42. The van der Waals surface area contributed by atoms with Gasteiger partial charge in [0.05, 0.1) is 6.61 Å². The molecule has 1 aromatic heterocycles. The normalized spacial score (nSPS) is 16.6. The van der Waals surface area contributed by atoms with E-state index in [9.17, 15) is 5.11 Å². The fraction of sp³-hybridized carbons (Fsp3) is 0.500. The van der Waals surface area contributed by atoms with Gasteiger partial charge in [-0.1, -0.05) is 18.2 Å². The molecule has 3 N–H and O–H groups in total. The average molecular weight is 315 g/mol. The number of aliphatic hydroxyl groups is 1. The highest BCUT2D eigenvalue weighted by Gasteiger charge is 2.41. The van der Waals surface area contributed by atoms with Crippen molar-refractivity contribution >= 4 is 16.9 Å². The molecule has 0 aliphatic heterocycles. The van der Waals surface area contributed by atoms with E-state index in [4.69, 9.17) is 4.42 Å². The largest absolute Gasteiger partial charge is 0.459 e.